The number of amides is 3. The van der Waals surface area contributed by atoms with Crippen LogP contribution in [0, 0.1) is 5.92 Å². The van der Waals surface area contributed by atoms with Gasteiger partial charge in [0.25, 0.3) is 5.91 Å². The molecule has 1 aliphatic heterocycles. The molecule has 0 spiro atoms. The number of hydrogen-bond acceptors (Lipinski definition) is 6. The van der Waals surface area contributed by atoms with E-state index in [1.54, 1.807) is 31.7 Å². The molecule has 2 N–H and O–H groups in total. The van der Waals surface area contributed by atoms with Crippen LogP contribution in [0.2, 0.25) is 0 Å². The van der Waals surface area contributed by atoms with Crippen LogP contribution in [0.5, 0.6) is 11.5 Å². The summed E-state index contributed by atoms with van der Waals surface area (Å²) < 4.78 is 16.3. The number of hydrogen-bond donors (Lipinski definition) is 2. The number of piperidine rings is 1. The molecule has 1 aliphatic rings. The van der Waals surface area contributed by atoms with Crippen molar-refractivity contribution in [3.8, 4) is 11.5 Å². The van der Waals surface area contributed by atoms with Crippen LogP contribution in [0.25, 0.3) is 0 Å². The highest BCUT2D eigenvalue weighted by molar-refractivity contribution is 5.82. The minimum absolute atomic E-state index is 0.0399. The Morgan fingerprint density at radius 3 is 2.25 bits per heavy atom. The average molecular weight is 450 g/mol. The number of likely N-dealkylation sites (tertiary alicyclic amines) is 1. The van der Waals surface area contributed by atoms with Crippen molar-refractivity contribution in [3.05, 3.63) is 24.3 Å². The first-order valence-corrected chi connectivity index (χ1v) is 11.0. The molecular weight excluding hydrogens is 414 g/mol. The lowest BCUT2D eigenvalue weighted by molar-refractivity contribution is -0.135. The fraction of sp³-hybridized carbons (Fsp3) is 0.609. The second-order valence-corrected chi connectivity index (χ2v) is 8.65. The molecule has 0 bridgehead atoms. The summed E-state index contributed by atoms with van der Waals surface area (Å²) in [6.07, 6.45) is 0.966. The Kier molecular flexibility index (Phi) is 9.61. The fourth-order valence-corrected chi connectivity index (χ4v) is 3.25. The summed E-state index contributed by atoms with van der Waals surface area (Å²) in [6.45, 7) is 9.27. The van der Waals surface area contributed by atoms with Gasteiger partial charge in [-0.25, -0.2) is 4.79 Å². The van der Waals surface area contributed by atoms with E-state index in [-0.39, 0.29) is 30.9 Å². The number of nitrogens with one attached hydrogen (secondary N) is 2. The molecule has 3 amide bonds. The van der Waals surface area contributed by atoms with Crippen LogP contribution in [0.4, 0.5) is 4.79 Å². The SMILES string of the molecule is CCOc1ccccc1OCC(=O)N1CCC(CNC(=O)CNC(=O)OC(C)(C)C)CC1. The van der Waals surface area contributed by atoms with E-state index >= 15 is 0 Å². The highest BCUT2D eigenvalue weighted by Gasteiger charge is 2.24. The summed E-state index contributed by atoms with van der Waals surface area (Å²) in [5.41, 5.74) is -0.607. The molecule has 0 radical (unpaired) electrons. The van der Waals surface area contributed by atoms with Gasteiger partial charge in [-0.3, -0.25) is 9.59 Å². The molecule has 1 fully saturated rings. The molecule has 32 heavy (non-hydrogen) atoms. The predicted octanol–water partition coefficient (Wildman–Crippen LogP) is 2.34. The normalized spacial score (nSPS) is 14.4. The molecular formula is C23H35N3O6. The second kappa shape index (κ2) is 12.2. The van der Waals surface area contributed by atoms with Crippen LogP contribution in [0.1, 0.15) is 40.5 Å². The third-order valence-corrected chi connectivity index (χ3v) is 4.85. The zero-order chi connectivity index (χ0) is 23.6. The van der Waals surface area contributed by atoms with Crippen molar-refractivity contribution in [2.75, 3.05) is 39.4 Å². The Hall–Kier alpha value is -2.97. The van der Waals surface area contributed by atoms with Gasteiger partial charge in [-0.05, 0) is 58.6 Å². The Bertz CT molecular complexity index is 769. The van der Waals surface area contributed by atoms with Gasteiger partial charge in [-0.1, -0.05) is 12.1 Å². The van der Waals surface area contributed by atoms with Gasteiger partial charge in [0, 0.05) is 19.6 Å². The van der Waals surface area contributed by atoms with Gasteiger partial charge in [0.05, 0.1) is 13.2 Å². The molecule has 1 heterocycles. The van der Waals surface area contributed by atoms with Crippen molar-refractivity contribution in [1.29, 1.82) is 0 Å². The Morgan fingerprint density at radius 2 is 1.66 bits per heavy atom. The molecule has 0 saturated carbocycles. The highest BCUT2D eigenvalue weighted by Crippen LogP contribution is 2.26. The lowest BCUT2D eigenvalue weighted by Crippen LogP contribution is -2.45. The number of ether oxygens (including phenoxy) is 3. The van der Waals surface area contributed by atoms with E-state index in [1.807, 2.05) is 25.1 Å². The van der Waals surface area contributed by atoms with Gasteiger partial charge in [-0.2, -0.15) is 0 Å². The Morgan fingerprint density at radius 1 is 1.03 bits per heavy atom. The topological polar surface area (TPSA) is 106 Å². The maximum atomic E-state index is 12.5. The summed E-state index contributed by atoms with van der Waals surface area (Å²) in [5.74, 6) is 1.12. The molecule has 0 atom stereocenters. The summed E-state index contributed by atoms with van der Waals surface area (Å²) >= 11 is 0. The molecule has 9 heteroatoms. The summed E-state index contributed by atoms with van der Waals surface area (Å²) in [4.78, 5) is 37.8. The van der Waals surface area contributed by atoms with Crippen molar-refractivity contribution >= 4 is 17.9 Å². The van der Waals surface area contributed by atoms with E-state index in [1.165, 1.54) is 0 Å². The molecule has 1 aromatic rings. The first kappa shape index (κ1) is 25.3. The van der Waals surface area contributed by atoms with E-state index in [0.29, 0.717) is 37.7 Å². The number of para-hydroxylation sites is 2. The fourth-order valence-electron chi connectivity index (χ4n) is 3.25. The molecule has 9 nitrogen and oxygen atoms in total. The molecule has 178 valence electrons. The standard InChI is InChI=1S/C23H35N3O6/c1-5-30-18-8-6-7-9-19(18)31-16-21(28)26-12-10-17(11-13-26)14-24-20(27)15-25-22(29)32-23(2,3)4/h6-9,17H,5,10-16H2,1-4H3,(H,24,27)(H,25,29). The van der Waals surface area contributed by atoms with E-state index in [9.17, 15) is 14.4 Å². The van der Waals surface area contributed by atoms with Gasteiger partial charge < -0.3 is 29.7 Å². The zero-order valence-electron chi connectivity index (χ0n) is 19.4. The van der Waals surface area contributed by atoms with Crippen molar-refractivity contribution in [2.45, 2.75) is 46.1 Å². The molecule has 1 saturated heterocycles. The van der Waals surface area contributed by atoms with E-state index in [4.69, 9.17) is 14.2 Å². The van der Waals surface area contributed by atoms with Crippen molar-refractivity contribution in [1.82, 2.24) is 15.5 Å². The molecule has 0 unspecified atom stereocenters. The van der Waals surface area contributed by atoms with Gasteiger partial charge >= 0.3 is 6.09 Å². The summed E-state index contributed by atoms with van der Waals surface area (Å²) in [7, 11) is 0. The zero-order valence-corrected chi connectivity index (χ0v) is 19.4. The number of carbonyl (C=O) groups excluding carboxylic acids is 3. The van der Waals surface area contributed by atoms with Crippen molar-refractivity contribution in [3.63, 3.8) is 0 Å². The lowest BCUT2D eigenvalue weighted by Gasteiger charge is -2.32. The number of benzene rings is 1. The molecule has 0 aromatic heterocycles. The van der Waals surface area contributed by atoms with E-state index in [2.05, 4.69) is 10.6 Å². The quantitative estimate of drug-likeness (QED) is 0.599. The van der Waals surface area contributed by atoms with Crippen LogP contribution in [-0.4, -0.2) is 67.8 Å². The van der Waals surface area contributed by atoms with Crippen molar-refractivity contribution in [2.24, 2.45) is 5.92 Å². The van der Waals surface area contributed by atoms with Crippen molar-refractivity contribution < 1.29 is 28.6 Å². The van der Waals surface area contributed by atoms with Gasteiger partial charge in [0.2, 0.25) is 5.91 Å². The maximum Gasteiger partial charge on any atom is 0.408 e. The third-order valence-electron chi connectivity index (χ3n) is 4.85. The lowest BCUT2D eigenvalue weighted by atomic mass is 9.97. The molecule has 1 aromatic carbocycles. The van der Waals surface area contributed by atoms with Crippen LogP contribution in [0.15, 0.2) is 24.3 Å². The van der Waals surface area contributed by atoms with Gasteiger partial charge in [0.15, 0.2) is 18.1 Å². The smallest absolute Gasteiger partial charge is 0.408 e. The van der Waals surface area contributed by atoms with Crippen LogP contribution >= 0.6 is 0 Å². The van der Waals surface area contributed by atoms with Gasteiger partial charge in [-0.15, -0.1) is 0 Å². The largest absolute Gasteiger partial charge is 0.490 e. The second-order valence-electron chi connectivity index (χ2n) is 8.65. The van der Waals surface area contributed by atoms with E-state index < -0.39 is 11.7 Å². The average Bonchev–Trinajstić information content (AvgIpc) is 2.75. The Labute approximate surface area is 189 Å². The monoisotopic (exact) mass is 449 g/mol. The summed E-state index contributed by atoms with van der Waals surface area (Å²) in [6, 6.07) is 7.29. The number of rotatable bonds is 9. The van der Waals surface area contributed by atoms with Crippen LogP contribution in [-0.2, 0) is 14.3 Å². The van der Waals surface area contributed by atoms with Crippen LogP contribution < -0.4 is 20.1 Å². The first-order valence-electron chi connectivity index (χ1n) is 11.0. The predicted molar refractivity (Wildman–Crippen MR) is 120 cm³/mol. The number of alkyl carbamates (subject to hydrolysis) is 1. The molecule has 0 aliphatic carbocycles. The minimum atomic E-state index is -0.620. The van der Waals surface area contributed by atoms with Crippen LogP contribution in [0.3, 0.4) is 0 Å². The third kappa shape index (κ3) is 9.03. The first-order chi connectivity index (χ1) is 15.2. The molecule has 2 rings (SSSR count). The highest BCUT2D eigenvalue weighted by atomic mass is 16.6. The number of carbonyl (C=O) groups is 3. The number of nitrogens with zero attached hydrogens (tertiary/aromatic N) is 1. The minimum Gasteiger partial charge on any atom is -0.490 e. The maximum absolute atomic E-state index is 12.5. The Balaban J connectivity index is 1.65. The van der Waals surface area contributed by atoms with E-state index in [0.717, 1.165) is 12.8 Å². The van der Waals surface area contributed by atoms with Gasteiger partial charge in [0.1, 0.15) is 5.60 Å². The summed E-state index contributed by atoms with van der Waals surface area (Å²) in [5, 5.41) is 5.27.